The lowest BCUT2D eigenvalue weighted by Gasteiger charge is -2.25. The summed E-state index contributed by atoms with van der Waals surface area (Å²) in [5.74, 6) is -0.269. The van der Waals surface area contributed by atoms with Gasteiger partial charge in [0.1, 0.15) is 0 Å². The van der Waals surface area contributed by atoms with E-state index in [1.54, 1.807) is 6.92 Å². The molecule has 0 radical (unpaired) electrons. The largest absolute Gasteiger partial charge is 0.466 e. The predicted octanol–water partition coefficient (Wildman–Crippen LogP) is 3.46. The molecule has 1 atom stereocenters. The number of rotatable bonds is 5. The van der Waals surface area contributed by atoms with Crippen molar-refractivity contribution in [3.63, 3.8) is 0 Å². The van der Waals surface area contributed by atoms with Crippen molar-refractivity contribution in [1.29, 1.82) is 0 Å². The van der Waals surface area contributed by atoms with Crippen molar-refractivity contribution in [3.8, 4) is 0 Å². The first-order valence-electron chi connectivity index (χ1n) is 7.32. The third kappa shape index (κ3) is 4.30. The van der Waals surface area contributed by atoms with Crippen LogP contribution in [-0.2, 0) is 14.3 Å². The van der Waals surface area contributed by atoms with Crippen LogP contribution in [-0.4, -0.2) is 29.9 Å². The molecule has 0 spiro atoms. The normalized spacial score (nSPS) is 17.8. The van der Waals surface area contributed by atoms with Crippen molar-refractivity contribution in [1.82, 2.24) is 4.90 Å². The summed E-state index contributed by atoms with van der Waals surface area (Å²) in [5.41, 5.74) is 1.14. The van der Waals surface area contributed by atoms with E-state index >= 15 is 0 Å². The molecule has 0 bridgehead atoms. The van der Waals surface area contributed by atoms with Crippen LogP contribution < -0.4 is 0 Å². The molecule has 1 aliphatic rings. The lowest BCUT2D eigenvalue weighted by Crippen LogP contribution is -2.30. The van der Waals surface area contributed by atoms with Gasteiger partial charge in [-0.3, -0.25) is 9.59 Å². The molecule has 1 saturated heterocycles. The van der Waals surface area contributed by atoms with E-state index < -0.39 is 0 Å². The molecule has 1 unspecified atom stereocenters. The Kier molecular flexibility index (Phi) is 5.79. The monoisotopic (exact) mass is 353 g/mol. The van der Waals surface area contributed by atoms with Gasteiger partial charge in [-0.15, -0.1) is 0 Å². The number of hydrogen-bond donors (Lipinski definition) is 0. The fraction of sp³-hybridized carbons (Fsp3) is 0.500. The van der Waals surface area contributed by atoms with Gasteiger partial charge in [0, 0.05) is 17.4 Å². The number of ether oxygens (including phenoxy) is 1. The second-order valence-corrected chi connectivity index (χ2v) is 6.02. The van der Waals surface area contributed by atoms with Gasteiger partial charge in [-0.1, -0.05) is 28.1 Å². The van der Waals surface area contributed by atoms with Gasteiger partial charge in [-0.05, 0) is 37.5 Å². The molecule has 1 aromatic rings. The minimum Gasteiger partial charge on any atom is -0.466 e. The predicted molar refractivity (Wildman–Crippen MR) is 83.7 cm³/mol. The van der Waals surface area contributed by atoms with Gasteiger partial charge in [-0.25, -0.2) is 0 Å². The number of halogens is 1. The van der Waals surface area contributed by atoms with Crippen molar-refractivity contribution in [2.75, 3.05) is 13.2 Å². The molecule has 1 heterocycles. The average Bonchev–Trinajstić information content (AvgIpc) is 2.94. The molecule has 4 nitrogen and oxygen atoms in total. The highest BCUT2D eigenvalue weighted by molar-refractivity contribution is 9.10. The molecule has 0 saturated carbocycles. The third-order valence-corrected chi connectivity index (χ3v) is 4.15. The minimum atomic E-state index is -0.302. The summed E-state index contributed by atoms with van der Waals surface area (Å²) in [7, 11) is 0. The van der Waals surface area contributed by atoms with Crippen LogP contribution in [0.5, 0.6) is 0 Å². The maximum Gasteiger partial charge on any atom is 0.306 e. The Labute approximate surface area is 133 Å². The number of likely N-dealkylation sites (tertiary alicyclic amines) is 1. The molecule has 1 amide bonds. The number of benzene rings is 1. The first kappa shape index (κ1) is 16.0. The lowest BCUT2D eigenvalue weighted by molar-refractivity contribution is -0.145. The third-order valence-electron chi connectivity index (χ3n) is 3.65. The number of amides is 1. The topological polar surface area (TPSA) is 46.6 Å². The van der Waals surface area contributed by atoms with Gasteiger partial charge >= 0.3 is 5.97 Å². The van der Waals surface area contributed by atoms with Crippen LogP contribution in [0.4, 0.5) is 0 Å². The Bertz CT molecular complexity index is 518. The summed E-state index contributed by atoms with van der Waals surface area (Å²) >= 11 is 3.47. The highest BCUT2D eigenvalue weighted by Crippen LogP contribution is 2.33. The molecule has 1 aliphatic heterocycles. The zero-order valence-electron chi connectivity index (χ0n) is 12.2. The Morgan fingerprint density at radius 3 is 2.90 bits per heavy atom. The second kappa shape index (κ2) is 7.59. The van der Waals surface area contributed by atoms with Crippen LogP contribution in [0.25, 0.3) is 0 Å². The zero-order valence-corrected chi connectivity index (χ0v) is 13.8. The van der Waals surface area contributed by atoms with E-state index in [0.717, 1.165) is 29.4 Å². The van der Waals surface area contributed by atoms with Gasteiger partial charge in [0.25, 0.3) is 0 Å². The Morgan fingerprint density at radius 1 is 1.38 bits per heavy atom. The van der Waals surface area contributed by atoms with E-state index in [-0.39, 0.29) is 30.8 Å². The molecule has 2 rings (SSSR count). The molecule has 0 N–H and O–H groups in total. The van der Waals surface area contributed by atoms with E-state index in [9.17, 15) is 9.59 Å². The van der Waals surface area contributed by atoms with E-state index in [2.05, 4.69) is 22.0 Å². The molecular formula is C16H20BrNO3. The molecule has 114 valence electrons. The van der Waals surface area contributed by atoms with Crippen LogP contribution in [0.1, 0.15) is 44.2 Å². The smallest absolute Gasteiger partial charge is 0.306 e. The van der Waals surface area contributed by atoms with Crippen molar-refractivity contribution >= 4 is 27.8 Å². The molecule has 1 aromatic carbocycles. The molecule has 21 heavy (non-hydrogen) atoms. The molecule has 0 aromatic heterocycles. The van der Waals surface area contributed by atoms with Crippen molar-refractivity contribution in [3.05, 3.63) is 34.3 Å². The van der Waals surface area contributed by atoms with Crippen molar-refractivity contribution < 1.29 is 14.3 Å². The molecule has 0 aliphatic carbocycles. The van der Waals surface area contributed by atoms with Gasteiger partial charge in [0.05, 0.1) is 19.1 Å². The van der Waals surface area contributed by atoms with Gasteiger partial charge in [0.15, 0.2) is 0 Å². The number of esters is 1. The summed E-state index contributed by atoms with van der Waals surface area (Å²) in [4.78, 5) is 25.6. The van der Waals surface area contributed by atoms with Gasteiger partial charge < -0.3 is 9.64 Å². The minimum absolute atomic E-state index is 0.0329. The highest BCUT2D eigenvalue weighted by Gasteiger charge is 2.29. The molecular weight excluding hydrogens is 334 g/mol. The number of carbonyl (C=O) groups excluding carboxylic acids is 2. The van der Waals surface area contributed by atoms with Crippen LogP contribution >= 0.6 is 15.9 Å². The maximum absolute atomic E-state index is 12.3. The van der Waals surface area contributed by atoms with Crippen LogP contribution in [0, 0.1) is 0 Å². The van der Waals surface area contributed by atoms with E-state index in [4.69, 9.17) is 4.74 Å². The van der Waals surface area contributed by atoms with E-state index in [1.807, 2.05) is 23.1 Å². The fourth-order valence-corrected chi connectivity index (χ4v) is 3.13. The first-order valence-corrected chi connectivity index (χ1v) is 8.11. The summed E-state index contributed by atoms with van der Waals surface area (Å²) in [6.45, 7) is 2.89. The van der Waals surface area contributed by atoms with Crippen molar-refractivity contribution in [2.24, 2.45) is 0 Å². The Hall–Kier alpha value is -1.36. The quantitative estimate of drug-likeness (QED) is 0.761. The summed E-state index contributed by atoms with van der Waals surface area (Å²) in [6, 6.07) is 8.19. The second-order valence-electron chi connectivity index (χ2n) is 5.11. The Balaban J connectivity index is 1.98. The van der Waals surface area contributed by atoms with Crippen LogP contribution in [0.3, 0.4) is 0 Å². The van der Waals surface area contributed by atoms with Gasteiger partial charge in [0.2, 0.25) is 5.91 Å². The van der Waals surface area contributed by atoms with Crippen LogP contribution in [0.15, 0.2) is 28.7 Å². The SMILES string of the molecule is CCOC(=O)CCC(=O)N1CCCC1c1cccc(Br)c1. The highest BCUT2D eigenvalue weighted by atomic mass is 79.9. The maximum atomic E-state index is 12.3. The van der Waals surface area contributed by atoms with Gasteiger partial charge in [-0.2, -0.15) is 0 Å². The average molecular weight is 354 g/mol. The summed E-state index contributed by atoms with van der Waals surface area (Å²) < 4.78 is 5.89. The number of hydrogen-bond acceptors (Lipinski definition) is 3. The molecule has 5 heteroatoms. The number of nitrogens with zero attached hydrogens (tertiary/aromatic N) is 1. The lowest BCUT2D eigenvalue weighted by atomic mass is 10.0. The van der Waals surface area contributed by atoms with Crippen molar-refractivity contribution in [2.45, 2.75) is 38.6 Å². The van der Waals surface area contributed by atoms with E-state index in [0.29, 0.717) is 6.61 Å². The van der Waals surface area contributed by atoms with Crippen LogP contribution in [0.2, 0.25) is 0 Å². The standard InChI is InChI=1S/C16H20BrNO3/c1-2-21-16(20)9-8-15(19)18-10-4-7-14(18)12-5-3-6-13(17)11-12/h3,5-6,11,14H,2,4,7-10H2,1H3. The Morgan fingerprint density at radius 2 is 2.19 bits per heavy atom. The summed E-state index contributed by atoms with van der Waals surface area (Å²) in [6.07, 6.45) is 2.36. The summed E-state index contributed by atoms with van der Waals surface area (Å²) in [5, 5.41) is 0. The number of carbonyl (C=O) groups is 2. The first-order chi connectivity index (χ1) is 10.1. The van der Waals surface area contributed by atoms with E-state index in [1.165, 1.54) is 0 Å². The molecule has 1 fully saturated rings. The fourth-order valence-electron chi connectivity index (χ4n) is 2.71. The zero-order chi connectivity index (χ0) is 15.2.